The van der Waals surface area contributed by atoms with E-state index in [4.69, 9.17) is 63.7 Å². The van der Waals surface area contributed by atoms with Crippen molar-refractivity contribution >= 4 is 57.4 Å². The van der Waals surface area contributed by atoms with Gasteiger partial charge in [-0.2, -0.15) is 0 Å². The molecule has 6 aromatic rings. The highest BCUT2D eigenvalue weighted by Gasteiger charge is 2.56. The van der Waals surface area contributed by atoms with E-state index < -0.39 is 20.8 Å². The first-order valence-corrected chi connectivity index (χ1v) is 32.8. The Morgan fingerprint density at radius 1 is 0.460 bits per heavy atom. The van der Waals surface area contributed by atoms with Gasteiger partial charge >= 0.3 is 0 Å². The topological polar surface area (TPSA) is 93.2 Å². The van der Waals surface area contributed by atoms with Crippen LogP contribution in [0.3, 0.4) is 0 Å². The van der Waals surface area contributed by atoms with Gasteiger partial charge in [0.15, 0.2) is 9.87 Å². The van der Waals surface area contributed by atoms with Gasteiger partial charge in [-0.3, -0.25) is 9.98 Å². The SMILES string of the molecule is CCCCCCCCCCCOc1ccc(C2=c3ccc([nH]3)=C(c3ccc(OCCC[N+](C)(C)C)cc3)C3=NC(C=C3)C(Cl)(c3ccc(OCCC[N+](C)(C)C)cc3)C3=NC(Cl)(C=C3)C(Cl)(c3ccc(OCCC[N+](C)(C)C)cc3)c3ccc2[nH]3)cc1. The molecule has 3 aliphatic rings. The van der Waals surface area contributed by atoms with Crippen molar-refractivity contribution in [1.82, 2.24) is 9.97 Å². The van der Waals surface area contributed by atoms with Crippen LogP contribution in [0, 0.1) is 0 Å². The van der Waals surface area contributed by atoms with Crippen molar-refractivity contribution in [3.8, 4) is 23.0 Å². The second-order valence-corrected chi connectivity index (χ2v) is 28.7. The molecule has 8 bridgehead atoms. The number of nitrogens with zero attached hydrogens (tertiary/aromatic N) is 5. The molecule has 2 N–H and O–H groups in total. The minimum atomic E-state index is -1.61. The van der Waals surface area contributed by atoms with E-state index in [9.17, 15) is 0 Å². The van der Waals surface area contributed by atoms with Crippen LogP contribution in [0.1, 0.15) is 118 Å². The van der Waals surface area contributed by atoms with Crippen molar-refractivity contribution in [1.29, 1.82) is 0 Å². The van der Waals surface area contributed by atoms with Crippen LogP contribution >= 0.6 is 34.8 Å². The second-order valence-electron chi connectivity index (χ2n) is 26.9. The number of fused-ring (bicyclic) bond motifs is 6. The number of nitrogens with one attached hydrogen (secondary N) is 2. The van der Waals surface area contributed by atoms with Crippen LogP contribution in [0.15, 0.2) is 156 Å². The van der Waals surface area contributed by atoms with Gasteiger partial charge in [-0.1, -0.05) is 124 Å². The van der Waals surface area contributed by atoms with Gasteiger partial charge in [0.1, 0.15) is 27.9 Å². The second kappa shape index (κ2) is 28.6. The normalized spacial score (nSPS) is 20.2. The number of ether oxygens (including phenoxy) is 4. The predicted molar refractivity (Wildman–Crippen MR) is 362 cm³/mol. The summed E-state index contributed by atoms with van der Waals surface area (Å²) < 4.78 is 27.9. The summed E-state index contributed by atoms with van der Waals surface area (Å²) in [5.74, 6) is 3.13. The van der Waals surface area contributed by atoms with Crippen molar-refractivity contribution in [3.05, 3.63) is 190 Å². The van der Waals surface area contributed by atoms with Crippen molar-refractivity contribution in [2.75, 3.05) is 109 Å². The van der Waals surface area contributed by atoms with Gasteiger partial charge in [0.2, 0.25) is 0 Å². The standard InChI is InChI=1S/C73H95Cl3N7O4/c1-11-12-13-14-15-16-17-18-19-50-84-58-31-23-55(24-32-58)70-63-40-39-62(77-63)69(54-25-33-59(34-26-54)85-51-20-47-81(2,3)4)64-41-43-66(78-64)72(75,56-27-35-60(36-28-56)86-52-21-48-82(5,6)7)67-45-46-71(74,80-67)73(76,68-44-42-65(70)79-68)57-29-37-61(38-30-57)87-53-22-49-83(8,9)10/h23-46,66,77,79H,11-22,47-53H2,1-10H3/q+3. The number of aliphatic imine (C=N–C) groups is 2. The first-order chi connectivity index (χ1) is 41.5. The molecular weight excluding hydrogens is 1150 g/mol. The van der Waals surface area contributed by atoms with Gasteiger partial charge in [-0.15, -0.1) is 23.2 Å². The van der Waals surface area contributed by atoms with Crippen molar-refractivity contribution < 1.29 is 32.4 Å². The number of H-pyrrole nitrogens is 2. The summed E-state index contributed by atoms with van der Waals surface area (Å²) in [5.41, 5.74) is 7.98. The van der Waals surface area contributed by atoms with Crippen LogP contribution in [0.25, 0.3) is 11.1 Å². The van der Waals surface area contributed by atoms with Gasteiger partial charge < -0.3 is 42.4 Å². The van der Waals surface area contributed by atoms with Crippen LogP contribution in [-0.2, 0) is 9.75 Å². The van der Waals surface area contributed by atoms with Crippen molar-refractivity contribution in [3.63, 3.8) is 0 Å². The molecule has 464 valence electrons. The molecule has 5 heterocycles. The summed E-state index contributed by atoms with van der Waals surface area (Å²) in [6, 6.07) is 40.4. The molecule has 2 aromatic heterocycles. The number of halogens is 3. The smallest absolute Gasteiger partial charge is 0.181 e. The third kappa shape index (κ3) is 16.6. The highest BCUT2D eigenvalue weighted by atomic mass is 35.5. The average Bonchev–Trinajstić information content (AvgIpc) is 2.17. The molecule has 0 spiro atoms. The summed E-state index contributed by atoms with van der Waals surface area (Å²) in [4.78, 5) is 14.4. The number of quaternary nitrogens is 3. The molecular formula is C73H95Cl3N7O4+3. The zero-order valence-electron chi connectivity index (χ0n) is 53.4. The fourth-order valence-electron chi connectivity index (χ4n) is 11.8. The third-order valence-corrected chi connectivity index (χ3v) is 18.5. The first kappa shape index (κ1) is 65.4. The number of rotatable bonds is 30. The Kier molecular flexibility index (Phi) is 21.5. The molecule has 0 aliphatic carbocycles. The van der Waals surface area contributed by atoms with Crippen molar-refractivity contribution in [2.45, 2.75) is 105 Å². The minimum absolute atomic E-state index is 0.513. The van der Waals surface area contributed by atoms with Gasteiger partial charge in [-0.05, 0) is 120 Å². The molecule has 4 atom stereocenters. The van der Waals surface area contributed by atoms with Crippen LogP contribution in [0.2, 0.25) is 0 Å². The summed E-state index contributed by atoms with van der Waals surface area (Å²) in [6.45, 7) is 7.74. The molecule has 87 heavy (non-hydrogen) atoms. The Bertz CT molecular complexity index is 3470. The molecule has 0 saturated heterocycles. The zero-order chi connectivity index (χ0) is 61.9. The van der Waals surface area contributed by atoms with Crippen LogP contribution < -0.4 is 29.6 Å². The van der Waals surface area contributed by atoms with Crippen LogP contribution in [-0.4, -0.2) is 155 Å². The van der Waals surface area contributed by atoms with Gasteiger partial charge in [0.05, 0.1) is 127 Å². The zero-order valence-corrected chi connectivity index (χ0v) is 55.6. The number of aromatic amines is 2. The number of unbranched alkanes of at least 4 members (excludes halogenated alkanes) is 8. The predicted octanol–water partition coefficient (Wildman–Crippen LogP) is 14.1. The Balaban J connectivity index is 1.17. The van der Waals surface area contributed by atoms with E-state index in [2.05, 4.69) is 147 Å². The highest BCUT2D eigenvalue weighted by Crippen LogP contribution is 2.55. The van der Waals surface area contributed by atoms with Crippen molar-refractivity contribution in [2.24, 2.45) is 9.98 Å². The number of aromatic nitrogens is 2. The van der Waals surface area contributed by atoms with Crippen LogP contribution in [0.4, 0.5) is 0 Å². The summed E-state index contributed by atoms with van der Waals surface area (Å²) in [7, 11) is 19.8. The van der Waals surface area contributed by atoms with E-state index in [1.54, 1.807) is 0 Å². The lowest BCUT2D eigenvalue weighted by atomic mass is 9.86. The Labute approximate surface area is 533 Å². The molecule has 0 saturated carbocycles. The molecule has 14 heteroatoms. The lowest BCUT2D eigenvalue weighted by molar-refractivity contribution is -0.870. The van der Waals surface area contributed by atoms with E-state index in [1.165, 1.54) is 51.4 Å². The fourth-order valence-corrected chi connectivity index (χ4v) is 12.8. The van der Waals surface area contributed by atoms with E-state index in [0.717, 1.165) is 132 Å². The average molecular weight is 1240 g/mol. The molecule has 0 amide bonds. The molecule has 0 fully saturated rings. The largest absolute Gasteiger partial charge is 0.494 e. The molecule has 4 aromatic carbocycles. The number of alkyl halides is 3. The van der Waals surface area contributed by atoms with E-state index in [1.807, 2.05) is 78.9 Å². The summed E-state index contributed by atoms with van der Waals surface area (Å²) in [5, 5.41) is 1.75. The maximum absolute atomic E-state index is 8.39. The lowest BCUT2D eigenvalue weighted by Crippen LogP contribution is -2.43. The third-order valence-electron chi connectivity index (χ3n) is 16.6. The van der Waals surface area contributed by atoms with E-state index in [0.29, 0.717) is 43.4 Å². The minimum Gasteiger partial charge on any atom is -0.494 e. The molecule has 3 aliphatic heterocycles. The van der Waals surface area contributed by atoms with E-state index in [-0.39, 0.29) is 0 Å². The number of allylic oxidation sites excluding steroid dienone is 2. The van der Waals surface area contributed by atoms with Gasteiger partial charge in [0.25, 0.3) is 0 Å². The maximum atomic E-state index is 8.39. The first-order valence-electron chi connectivity index (χ1n) is 31.7. The van der Waals surface area contributed by atoms with Gasteiger partial charge in [-0.25, -0.2) is 0 Å². The Morgan fingerprint density at radius 2 is 0.897 bits per heavy atom. The monoisotopic (exact) mass is 1240 g/mol. The molecule has 11 nitrogen and oxygen atoms in total. The summed E-state index contributed by atoms with van der Waals surface area (Å²) >= 11 is 24.9. The maximum Gasteiger partial charge on any atom is 0.181 e. The Hall–Kier alpha value is -6.05. The Morgan fingerprint density at radius 3 is 1.39 bits per heavy atom. The van der Waals surface area contributed by atoms with Gasteiger partial charge in [0, 0.05) is 52.5 Å². The quantitative estimate of drug-likeness (QED) is 0.0203. The fraction of sp³-hybridized carbons (Fsp3) is 0.452. The van der Waals surface area contributed by atoms with Crippen LogP contribution in [0.5, 0.6) is 23.0 Å². The molecule has 9 rings (SSSR count). The molecule has 4 unspecified atom stereocenters. The number of benzene rings is 4. The highest BCUT2D eigenvalue weighted by molar-refractivity contribution is 6.43. The number of hydrogen-bond donors (Lipinski definition) is 2. The lowest BCUT2D eigenvalue weighted by Gasteiger charge is -2.38. The number of hydrogen-bond acceptors (Lipinski definition) is 6. The summed E-state index contributed by atoms with van der Waals surface area (Å²) in [6.07, 6.45) is 22.1. The van der Waals surface area contributed by atoms with E-state index >= 15 is 0 Å². The molecule has 0 radical (unpaired) electrons.